The molecule has 1 unspecified atom stereocenters. The molecule has 106 valence electrons. The molecule has 1 amide bonds. The molecule has 0 aliphatic heterocycles. The van der Waals surface area contributed by atoms with Crippen molar-refractivity contribution >= 4 is 32.6 Å². The minimum absolute atomic E-state index is 0.0461. The second kappa shape index (κ2) is 7.20. The molecule has 0 saturated carbocycles. The zero-order valence-corrected chi connectivity index (χ0v) is 13.9. The van der Waals surface area contributed by atoms with Crippen LogP contribution in [0.5, 0.6) is 0 Å². The van der Waals surface area contributed by atoms with Gasteiger partial charge < -0.3 is 5.32 Å². The van der Waals surface area contributed by atoms with Crippen LogP contribution in [-0.4, -0.2) is 27.7 Å². The van der Waals surface area contributed by atoms with E-state index in [2.05, 4.69) is 27.3 Å². The van der Waals surface area contributed by atoms with Gasteiger partial charge in [0.1, 0.15) is 0 Å². The molecule has 0 aliphatic carbocycles. The van der Waals surface area contributed by atoms with Gasteiger partial charge in [-0.1, -0.05) is 28.1 Å². The molecule has 19 heavy (non-hydrogen) atoms. The van der Waals surface area contributed by atoms with Crippen molar-refractivity contribution in [3.05, 3.63) is 34.3 Å². The largest absolute Gasteiger partial charge is 0.351 e. The molecule has 0 fully saturated rings. The molecule has 0 spiro atoms. The van der Waals surface area contributed by atoms with Gasteiger partial charge in [0.25, 0.3) is 0 Å². The first-order valence-electron chi connectivity index (χ1n) is 6.14. The summed E-state index contributed by atoms with van der Waals surface area (Å²) in [5.74, 6) is 0.369. The standard InChI is InChI=1S/C14H20BrNO2S/c1-14(2,16-13(17)7-8-19(3)18)10-11-5-4-6-12(15)9-11/h4-6,9H,7-8,10H2,1-3H3,(H,16,17). The lowest BCUT2D eigenvalue weighted by Crippen LogP contribution is -2.45. The quantitative estimate of drug-likeness (QED) is 0.861. The third-order valence-electron chi connectivity index (χ3n) is 2.63. The molecule has 0 heterocycles. The third-order valence-corrected chi connectivity index (χ3v) is 3.90. The number of hydrogen-bond acceptors (Lipinski definition) is 2. The van der Waals surface area contributed by atoms with Gasteiger partial charge in [-0.05, 0) is 38.0 Å². The van der Waals surface area contributed by atoms with E-state index in [9.17, 15) is 9.00 Å². The molecule has 0 radical (unpaired) electrons. The van der Waals surface area contributed by atoms with Gasteiger partial charge in [0.15, 0.2) is 0 Å². The van der Waals surface area contributed by atoms with Gasteiger partial charge in [0, 0.05) is 39.2 Å². The monoisotopic (exact) mass is 345 g/mol. The Morgan fingerprint density at radius 3 is 2.68 bits per heavy atom. The maximum Gasteiger partial charge on any atom is 0.221 e. The number of nitrogens with one attached hydrogen (secondary N) is 1. The van der Waals surface area contributed by atoms with Crippen molar-refractivity contribution in [1.29, 1.82) is 0 Å². The highest BCUT2D eigenvalue weighted by Crippen LogP contribution is 2.17. The summed E-state index contributed by atoms with van der Waals surface area (Å²) in [5, 5.41) is 2.99. The minimum Gasteiger partial charge on any atom is -0.351 e. The van der Waals surface area contributed by atoms with E-state index in [1.54, 1.807) is 6.26 Å². The smallest absolute Gasteiger partial charge is 0.221 e. The molecule has 0 bridgehead atoms. The van der Waals surface area contributed by atoms with Crippen molar-refractivity contribution in [2.75, 3.05) is 12.0 Å². The van der Waals surface area contributed by atoms with E-state index in [0.29, 0.717) is 12.2 Å². The molecule has 1 N–H and O–H groups in total. The van der Waals surface area contributed by atoms with Crippen molar-refractivity contribution in [1.82, 2.24) is 5.32 Å². The first-order chi connectivity index (χ1) is 8.78. The maximum absolute atomic E-state index is 11.8. The van der Waals surface area contributed by atoms with E-state index < -0.39 is 10.8 Å². The van der Waals surface area contributed by atoms with Gasteiger partial charge in [-0.3, -0.25) is 9.00 Å². The van der Waals surface area contributed by atoms with Gasteiger partial charge >= 0.3 is 0 Å². The number of hydrogen-bond donors (Lipinski definition) is 1. The zero-order chi connectivity index (χ0) is 14.5. The molecule has 1 aromatic rings. The van der Waals surface area contributed by atoms with Crippen LogP contribution in [0.3, 0.4) is 0 Å². The van der Waals surface area contributed by atoms with E-state index in [4.69, 9.17) is 0 Å². The molecule has 3 nitrogen and oxygen atoms in total. The lowest BCUT2D eigenvalue weighted by Gasteiger charge is -2.26. The Labute approximate surface area is 125 Å². The van der Waals surface area contributed by atoms with Gasteiger partial charge in [-0.15, -0.1) is 0 Å². The van der Waals surface area contributed by atoms with Gasteiger partial charge in [-0.25, -0.2) is 0 Å². The highest BCUT2D eigenvalue weighted by atomic mass is 79.9. The summed E-state index contributed by atoms with van der Waals surface area (Å²) in [7, 11) is -0.923. The van der Waals surface area contributed by atoms with Crippen molar-refractivity contribution in [3.8, 4) is 0 Å². The Balaban J connectivity index is 2.56. The summed E-state index contributed by atoms with van der Waals surface area (Å²) in [4.78, 5) is 11.8. The minimum atomic E-state index is -0.923. The Morgan fingerprint density at radius 2 is 2.11 bits per heavy atom. The summed E-state index contributed by atoms with van der Waals surface area (Å²) in [5.41, 5.74) is 0.853. The first-order valence-corrected chi connectivity index (χ1v) is 8.66. The Morgan fingerprint density at radius 1 is 1.42 bits per heavy atom. The maximum atomic E-state index is 11.8. The molecule has 0 aromatic heterocycles. The summed E-state index contributed by atoms with van der Waals surface area (Å²) >= 11 is 3.44. The summed E-state index contributed by atoms with van der Waals surface area (Å²) in [6, 6.07) is 8.05. The average Bonchev–Trinajstić information content (AvgIpc) is 2.24. The van der Waals surface area contributed by atoms with E-state index >= 15 is 0 Å². The number of halogens is 1. The fourth-order valence-corrected chi connectivity index (χ4v) is 2.80. The van der Waals surface area contributed by atoms with Crippen LogP contribution in [0.25, 0.3) is 0 Å². The van der Waals surface area contributed by atoms with Crippen molar-refractivity contribution in [2.45, 2.75) is 32.2 Å². The normalized spacial score (nSPS) is 13.1. The molecule has 1 rings (SSSR count). The molecule has 1 atom stereocenters. The molecule has 1 aromatic carbocycles. The number of amides is 1. The fourth-order valence-electron chi connectivity index (χ4n) is 1.88. The van der Waals surface area contributed by atoms with Crippen molar-refractivity contribution < 1.29 is 9.00 Å². The van der Waals surface area contributed by atoms with Gasteiger partial charge in [0.05, 0.1) is 0 Å². The number of carbonyl (C=O) groups excluding carboxylic acids is 1. The SMILES string of the molecule is CS(=O)CCC(=O)NC(C)(C)Cc1cccc(Br)c1. The van der Waals surface area contributed by atoms with E-state index in [0.717, 1.165) is 10.9 Å². The predicted octanol–water partition coefficient (Wildman–Crippen LogP) is 2.66. The highest BCUT2D eigenvalue weighted by Gasteiger charge is 2.20. The van der Waals surface area contributed by atoms with Crippen molar-refractivity contribution in [2.24, 2.45) is 0 Å². The lowest BCUT2D eigenvalue weighted by atomic mass is 9.95. The van der Waals surface area contributed by atoms with Crippen LogP contribution in [0.1, 0.15) is 25.8 Å². The topological polar surface area (TPSA) is 46.2 Å². The predicted molar refractivity (Wildman–Crippen MR) is 83.6 cm³/mol. The van der Waals surface area contributed by atoms with E-state index in [1.165, 1.54) is 5.56 Å². The van der Waals surface area contributed by atoms with Crippen LogP contribution in [-0.2, 0) is 22.0 Å². The number of carbonyl (C=O) groups is 1. The lowest BCUT2D eigenvalue weighted by molar-refractivity contribution is -0.122. The van der Waals surface area contributed by atoms with Crippen LogP contribution in [0, 0.1) is 0 Å². The molecular weight excluding hydrogens is 326 g/mol. The summed E-state index contributed by atoms with van der Waals surface area (Å²) < 4.78 is 12.0. The molecule has 5 heteroatoms. The average molecular weight is 346 g/mol. The van der Waals surface area contributed by atoms with Crippen LogP contribution in [0.2, 0.25) is 0 Å². The fraction of sp³-hybridized carbons (Fsp3) is 0.500. The zero-order valence-electron chi connectivity index (χ0n) is 11.5. The summed E-state index contributed by atoms with van der Waals surface area (Å²) in [6.45, 7) is 3.99. The van der Waals surface area contributed by atoms with Crippen LogP contribution < -0.4 is 5.32 Å². The number of rotatable bonds is 6. The Bertz CT molecular complexity index is 474. The Kier molecular flexibility index (Phi) is 6.20. The van der Waals surface area contributed by atoms with Gasteiger partial charge in [-0.2, -0.15) is 0 Å². The highest BCUT2D eigenvalue weighted by molar-refractivity contribution is 9.10. The molecule has 0 saturated heterocycles. The number of benzene rings is 1. The second-order valence-electron chi connectivity index (χ2n) is 5.27. The van der Waals surface area contributed by atoms with E-state index in [1.807, 2.05) is 32.0 Å². The molecule has 0 aliphatic rings. The third kappa shape index (κ3) is 6.87. The van der Waals surface area contributed by atoms with E-state index in [-0.39, 0.29) is 11.4 Å². The van der Waals surface area contributed by atoms with Gasteiger partial charge in [0.2, 0.25) is 5.91 Å². The first kappa shape index (κ1) is 16.4. The van der Waals surface area contributed by atoms with Crippen LogP contribution in [0.4, 0.5) is 0 Å². The van der Waals surface area contributed by atoms with Crippen LogP contribution >= 0.6 is 15.9 Å². The molecular formula is C14H20BrNO2S. The second-order valence-corrected chi connectivity index (χ2v) is 7.74. The van der Waals surface area contributed by atoms with Crippen LogP contribution in [0.15, 0.2) is 28.7 Å². The van der Waals surface area contributed by atoms with Crippen molar-refractivity contribution in [3.63, 3.8) is 0 Å². The summed E-state index contributed by atoms with van der Waals surface area (Å²) in [6.07, 6.45) is 2.68. The Hall–Kier alpha value is -0.680.